The van der Waals surface area contributed by atoms with Crippen LogP contribution in [0.2, 0.25) is 0 Å². The van der Waals surface area contributed by atoms with Crippen LogP contribution in [0, 0.1) is 17.0 Å². The predicted octanol–water partition coefficient (Wildman–Crippen LogP) is 3.92. The van der Waals surface area contributed by atoms with Crippen molar-refractivity contribution in [3.63, 3.8) is 0 Å². The number of nitro groups is 1. The molecule has 5 nitrogen and oxygen atoms in total. The first-order valence-corrected chi connectivity index (χ1v) is 6.58. The third-order valence-corrected chi connectivity index (χ3v) is 3.38. The Morgan fingerprint density at radius 2 is 1.85 bits per heavy atom. The van der Waals surface area contributed by atoms with Crippen molar-refractivity contribution in [2.45, 2.75) is 6.92 Å². The van der Waals surface area contributed by atoms with Crippen LogP contribution in [0.4, 0.5) is 11.4 Å². The Hall–Kier alpha value is -2.21. The molecule has 1 amide bonds. The number of non-ortho nitro benzene ring substituents is 1. The van der Waals surface area contributed by atoms with Crippen LogP contribution >= 0.6 is 15.9 Å². The molecule has 0 heterocycles. The number of hydrogen-bond donors (Lipinski definition) is 1. The first-order chi connectivity index (χ1) is 9.47. The van der Waals surface area contributed by atoms with Gasteiger partial charge in [-0.15, -0.1) is 0 Å². The average Bonchev–Trinajstić information content (AvgIpc) is 2.41. The fourth-order valence-corrected chi connectivity index (χ4v) is 2.08. The van der Waals surface area contributed by atoms with E-state index in [1.807, 2.05) is 19.1 Å². The summed E-state index contributed by atoms with van der Waals surface area (Å²) < 4.78 is 0.465. The Labute approximate surface area is 123 Å². The molecule has 0 saturated heterocycles. The number of carbonyl (C=O) groups excluding carboxylic acids is 1. The van der Waals surface area contributed by atoms with Crippen LogP contribution in [0.5, 0.6) is 0 Å². The summed E-state index contributed by atoms with van der Waals surface area (Å²) in [6.45, 7) is 1.94. The topological polar surface area (TPSA) is 72.2 Å². The van der Waals surface area contributed by atoms with Crippen molar-refractivity contribution in [2.75, 3.05) is 5.32 Å². The lowest BCUT2D eigenvalue weighted by atomic mass is 10.1. The minimum atomic E-state index is -0.490. The number of aryl methyl sites for hydroxylation is 1. The normalized spacial score (nSPS) is 10.1. The van der Waals surface area contributed by atoms with Crippen LogP contribution < -0.4 is 5.32 Å². The van der Waals surface area contributed by atoms with Crippen molar-refractivity contribution >= 4 is 33.2 Å². The monoisotopic (exact) mass is 334 g/mol. The Kier molecular flexibility index (Phi) is 4.14. The zero-order valence-corrected chi connectivity index (χ0v) is 12.2. The van der Waals surface area contributed by atoms with Crippen LogP contribution in [0.1, 0.15) is 15.9 Å². The predicted molar refractivity (Wildman–Crippen MR) is 79.9 cm³/mol. The van der Waals surface area contributed by atoms with Gasteiger partial charge in [0.2, 0.25) is 0 Å². The van der Waals surface area contributed by atoms with Crippen LogP contribution in [0.3, 0.4) is 0 Å². The molecular weight excluding hydrogens is 324 g/mol. The third kappa shape index (κ3) is 3.21. The number of nitrogens with zero attached hydrogens (tertiary/aromatic N) is 1. The minimum Gasteiger partial charge on any atom is -0.321 e. The second-order valence-corrected chi connectivity index (χ2v) is 5.10. The van der Waals surface area contributed by atoms with E-state index in [1.54, 1.807) is 12.1 Å². The van der Waals surface area contributed by atoms with Gasteiger partial charge in [0.25, 0.3) is 11.6 Å². The molecule has 6 heteroatoms. The molecule has 0 saturated carbocycles. The third-order valence-electron chi connectivity index (χ3n) is 2.73. The Bertz CT molecular complexity index is 669. The molecular formula is C14H11BrN2O3. The lowest BCUT2D eigenvalue weighted by molar-refractivity contribution is -0.384. The molecule has 1 N–H and O–H groups in total. The number of benzene rings is 2. The van der Waals surface area contributed by atoms with Gasteiger partial charge in [0, 0.05) is 22.2 Å². The highest BCUT2D eigenvalue weighted by molar-refractivity contribution is 9.10. The maximum absolute atomic E-state index is 12.0. The zero-order chi connectivity index (χ0) is 14.7. The Morgan fingerprint density at radius 3 is 2.40 bits per heavy atom. The minimum absolute atomic E-state index is 0.0368. The van der Waals surface area contributed by atoms with Crippen molar-refractivity contribution in [3.8, 4) is 0 Å². The van der Waals surface area contributed by atoms with E-state index in [9.17, 15) is 14.9 Å². The molecule has 2 aromatic rings. The number of carbonyl (C=O) groups is 1. The Morgan fingerprint density at radius 1 is 1.20 bits per heavy atom. The molecule has 0 unspecified atom stereocenters. The second-order valence-electron chi connectivity index (χ2n) is 4.24. The highest BCUT2D eigenvalue weighted by atomic mass is 79.9. The van der Waals surface area contributed by atoms with E-state index in [4.69, 9.17) is 0 Å². The first kappa shape index (κ1) is 14.2. The second kappa shape index (κ2) is 5.83. The molecule has 0 atom stereocenters. The van der Waals surface area contributed by atoms with Gasteiger partial charge in [-0.1, -0.05) is 17.7 Å². The lowest BCUT2D eigenvalue weighted by Gasteiger charge is -2.07. The summed E-state index contributed by atoms with van der Waals surface area (Å²) in [6.07, 6.45) is 0. The summed E-state index contributed by atoms with van der Waals surface area (Å²) in [4.78, 5) is 22.2. The largest absolute Gasteiger partial charge is 0.321 e. The molecule has 2 aromatic carbocycles. The van der Waals surface area contributed by atoms with E-state index in [0.29, 0.717) is 15.7 Å². The molecule has 2 rings (SSSR count). The van der Waals surface area contributed by atoms with E-state index in [0.717, 1.165) is 5.56 Å². The van der Waals surface area contributed by atoms with Gasteiger partial charge in [0.15, 0.2) is 0 Å². The number of amides is 1. The van der Waals surface area contributed by atoms with Gasteiger partial charge in [-0.3, -0.25) is 14.9 Å². The summed E-state index contributed by atoms with van der Waals surface area (Å²) in [6, 6.07) is 11.3. The average molecular weight is 335 g/mol. The molecule has 0 aliphatic rings. The van der Waals surface area contributed by atoms with E-state index in [2.05, 4.69) is 21.2 Å². The van der Waals surface area contributed by atoms with Gasteiger partial charge in [0.1, 0.15) is 0 Å². The molecule has 0 fully saturated rings. The molecule has 0 aliphatic carbocycles. The number of halogens is 1. The van der Waals surface area contributed by atoms with Crippen LogP contribution in [0.25, 0.3) is 0 Å². The first-order valence-electron chi connectivity index (χ1n) is 5.79. The number of hydrogen-bond acceptors (Lipinski definition) is 3. The molecule has 0 radical (unpaired) electrons. The van der Waals surface area contributed by atoms with Crippen molar-refractivity contribution < 1.29 is 9.72 Å². The van der Waals surface area contributed by atoms with E-state index >= 15 is 0 Å². The smallest absolute Gasteiger partial charge is 0.270 e. The van der Waals surface area contributed by atoms with Gasteiger partial charge in [-0.05, 0) is 41.1 Å². The fourth-order valence-electron chi connectivity index (χ4n) is 1.62. The van der Waals surface area contributed by atoms with Crippen molar-refractivity contribution in [1.29, 1.82) is 0 Å². The molecule has 102 valence electrons. The van der Waals surface area contributed by atoms with Gasteiger partial charge in [-0.2, -0.15) is 0 Å². The van der Waals surface area contributed by atoms with Crippen molar-refractivity contribution in [2.24, 2.45) is 0 Å². The zero-order valence-electron chi connectivity index (χ0n) is 10.6. The van der Waals surface area contributed by atoms with Gasteiger partial charge in [-0.25, -0.2) is 0 Å². The standard InChI is InChI=1S/C14H11BrN2O3/c1-9-2-4-10(5-3-9)14(18)16-13-7-6-11(17(19)20)8-12(13)15/h2-8H,1H3,(H,16,18). The van der Waals surface area contributed by atoms with Crippen LogP contribution in [-0.4, -0.2) is 10.8 Å². The molecule has 0 spiro atoms. The highest BCUT2D eigenvalue weighted by Crippen LogP contribution is 2.27. The lowest BCUT2D eigenvalue weighted by Crippen LogP contribution is -2.12. The van der Waals surface area contributed by atoms with Gasteiger partial charge in [0.05, 0.1) is 10.6 Å². The van der Waals surface area contributed by atoms with E-state index in [1.165, 1.54) is 18.2 Å². The van der Waals surface area contributed by atoms with Gasteiger partial charge >= 0.3 is 0 Å². The maximum atomic E-state index is 12.0. The van der Waals surface area contributed by atoms with E-state index in [-0.39, 0.29) is 11.6 Å². The quantitative estimate of drug-likeness (QED) is 0.683. The van der Waals surface area contributed by atoms with Crippen LogP contribution in [-0.2, 0) is 0 Å². The van der Waals surface area contributed by atoms with Crippen LogP contribution in [0.15, 0.2) is 46.9 Å². The number of anilines is 1. The SMILES string of the molecule is Cc1ccc(C(=O)Nc2ccc([N+](=O)[O-])cc2Br)cc1. The summed E-state index contributed by atoms with van der Waals surface area (Å²) in [5.41, 5.74) is 2.05. The summed E-state index contributed by atoms with van der Waals surface area (Å²) in [5.74, 6) is -0.264. The Balaban J connectivity index is 2.19. The fraction of sp³-hybridized carbons (Fsp3) is 0.0714. The molecule has 0 bridgehead atoms. The number of nitrogens with one attached hydrogen (secondary N) is 1. The van der Waals surface area contributed by atoms with E-state index < -0.39 is 4.92 Å². The number of rotatable bonds is 3. The molecule has 0 aromatic heterocycles. The van der Waals surface area contributed by atoms with Gasteiger partial charge < -0.3 is 5.32 Å². The maximum Gasteiger partial charge on any atom is 0.270 e. The number of nitro benzene ring substituents is 1. The molecule has 20 heavy (non-hydrogen) atoms. The van der Waals surface area contributed by atoms with Crippen molar-refractivity contribution in [3.05, 3.63) is 68.2 Å². The summed E-state index contributed by atoms with van der Waals surface area (Å²) in [5, 5.41) is 13.3. The summed E-state index contributed by atoms with van der Waals surface area (Å²) in [7, 11) is 0. The van der Waals surface area contributed by atoms with Crippen molar-refractivity contribution in [1.82, 2.24) is 0 Å². The molecule has 0 aliphatic heterocycles. The highest BCUT2D eigenvalue weighted by Gasteiger charge is 2.12. The summed E-state index contributed by atoms with van der Waals surface area (Å²) >= 11 is 3.21.